The Balaban J connectivity index is 1.36. The smallest absolute Gasteiger partial charge is 0.289 e. The van der Waals surface area contributed by atoms with Gasteiger partial charge in [-0.05, 0) is 12.1 Å². The molecule has 2 amide bonds. The molecule has 0 radical (unpaired) electrons. The Labute approximate surface area is 162 Å². The van der Waals surface area contributed by atoms with E-state index in [-0.39, 0.29) is 11.8 Å². The van der Waals surface area contributed by atoms with Gasteiger partial charge in [-0.1, -0.05) is 0 Å². The molecule has 2 aromatic heterocycles. The van der Waals surface area contributed by atoms with Crippen molar-refractivity contribution < 1.29 is 14.0 Å². The lowest BCUT2D eigenvalue weighted by Crippen LogP contribution is -2.50. The van der Waals surface area contributed by atoms with Gasteiger partial charge in [0.1, 0.15) is 0 Å². The normalized spacial score (nSPS) is 17.8. The van der Waals surface area contributed by atoms with E-state index in [0.717, 1.165) is 18.9 Å². The van der Waals surface area contributed by atoms with Crippen LogP contribution in [0.1, 0.15) is 17.5 Å². The SMILES string of the molecule is CC(=O)N1CCN(c2cnnc(N3CCN(C(=O)c4ccco4)CC3)n2)CC1. The van der Waals surface area contributed by atoms with Crippen LogP contribution in [0.5, 0.6) is 0 Å². The molecule has 2 aromatic rings. The fraction of sp³-hybridized carbons (Fsp3) is 0.500. The first-order chi connectivity index (χ1) is 13.6. The minimum Gasteiger partial charge on any atom is -0.459 e. The standard InChI is InChI=1S/C18H23N7O3/c1-14(26)22-4-6-23(7-5-22)16-13-19-21-18(20-16)25-10-8-24(9-11-25)17(27)15-3-2-12-28-15/h2-3,12-13H,4-11H2,1H3. The largest absolute Gasteiger partial charge is 0.459 e. The first-order valence-corrected chi connectivity index (χ1v) is 9.40. The van der Waals surface area contributed by atoms with Crippen LogP contribution in [0.15, 0.2) is 29.0 Å². The summed E-state index contributed by atoms with van der Waals surface area (Å²) in [6.07, 6.45) is 3.16. The summed E-state index contributed by atoms with van der Waals surface area (Å²) in [6, 6.07) is 3.39. The Morgan fingerprint density at radius 1 is 0.964 bits per heavy atom. The molecule has 0 aromatic carbocycles. The van der Waals surface area contributed by atoms with Crippen molar-refractivity contribution in [2.24, 2.45) is 0 Å². The average molecular weight is 385 g/mol. The van der Waals surface area contributed by atoms with Crippen molar-refractivity contribution in [3.8, 4) is 0 Å². The van der Waals surface area contributed by atoms with E-state index in [1.54, 1.807) is 30.2 Å². The van der Waals surface area contributed by atoms with Crippen molar-refractivity contribution in [2.75, 3.05) is 62.2 Å². The van der Waals surface area contributed by atoms with Gasteiger partial charge in [0.2, 0.25) is 11.9 Å². The van der Waals surface area contributed by atoms with Gasteiger partial charge in [-0.15, -0.1) is 5.10 Å². The van der Waals surface area contributed by atoms with Gasteiger partial charge in [0, 0.05) is 59.3 Å². The van der Waals surface area contributed by atoms with Crippen LogP contribution in [0.2, 0.25) is 0 Å². The Kier molecular flexibility index (Phi) is 5.09. The van der Waals surface area contributed by atoms with Crippen molar-refractivity contribution in [2.45, 2.75) is 6.92 Å². The van der Waals surface area contributed by atoms with Crippen LogP contribution in [0.4, 0.5) is 11.8 Å². The molecule has 28 heavy (non-hydrogen) atoms. The highest BCUT2D eigenvalue weighted by Crippen LogP contribution is 2.18. The van der Waals surface area contributed by atoms with E-state index >= 15 is 0 Å². The van der Waals surface area contributed by atoms with E-state index in [2.05, 4.69) is 20.1 Å². The molecule has 0 saturated carbocycles. The van der Waals surface area contributed by atoms with Crippen LogP contribution >= 0.6 is 0 Å². The molecule has 0 spiro atoms. The predicted octanol–water partition coefficient (Wildman–Crippen LogP) is 0.0955. The molecule has 2 saturated heterocycles. The van der Waals surface area contributed by atoms with Gasteiger partial charge in [-0.2, -0.15) is 10.1 Å². The fourth-order valence-electron chi connectivity index (χ4n) is 3.49. The number of rotatable bonds is 3. The number of piperazine rings is 2. The molecular weight excluding hydrogens is 362 g/mol. The molecule has 4 heterocycles. The van der Waals surface area contributed by atoms with Crippen LogP contribution in [0.25, 0.3) is 0 Å². The lowest BCUT2D eigenvalue weighted by molar-refractivity contribution is -0.129. The van der Waals surface area contributed by atoms with Gasteiger partial charge in [0.15, 0.2) is 11.6 Å². The summed E-state index contributed by atoms with van der Waals surface area (Å²) in [5, 5.41) is 8.28. The van der Waals surface area contributed by atoms with E-state index < -0.39 is 0 Å². The second-order valence-electron chi connectivity index (χ2n) is 6.86. The molecule has 2 fully saturated rings. The van der Waals surface area contributed by atoms with Gasteiger partial charge in [0.05, 0.1) is 12.5 Å². The van der Waals surface area contributed by atoms with Gasteiger partial charge in [-0.3, -0.25) is 9.59 Å². The molecule has 0 unspecified atom stereocenters. The third-order valence-electron chi connectivity index (χ3n) is 5.17. The molecule has 0 atom stereocenters. The molecule has 0 aliphatic carbocycles. The van der Waals surface area contributed by atoms with Crippen LogP contribution in [0.3, 0.4) is 0 Å². The lowest BCUT2D eigenvalue weighted by Gasteiger charge is -2.36. The maximum absolute atomic E-state index is 12.4. The zero-order valence-electron chi connectivity index (χ0n) is 15.8. The number of hydrogen-bond donors (Lipinski definition) is 0. The molecule has 10 heteroatoms. The summed E-state index contributed by atoms with van der Waals surface area (Å²) in [4.78, 5) is 36.3. The molecule has 0 N–H and O–H groups in total. The van der Waals surface area contributed by atoms with Crippen molar-refractivity contribution in [3.05, 3.63) is 30.4 Å². The van der Waals surface area contributed by atoms with Gasteiger partial charge < -0.3 is 24.0 Å². The average Bonchev–Trinajstić information content (AvgIpc) is 3.28. The summed E-state index contributed by atoms with van der Waals surface area (Å²) in [6.45, 7) is 6.83. The molecule has 0 bridgehead atoms. The van der Waals surface area contributed by atoms with E-state index in [1.807, 2.05) is 9.80 Å². The number of amides is 2. The first kappa shape index (κ1) is 18.2. The van der Waals surface area contributed by atoms with Gasteiger partial charge in [-0.25, -0.2) is 0 Å². The molecule has 10 nitrogen and oxygen atoms in total. The second-order valence-corrected chi connectivity index (χ2v) is 6.86. The number of furan rings is 1. The third kappa shape index (κ3) is 3.75. The Morgan fingerprint density at radius 3 is 2.29 bits per heavy atom. The zero-order chi connectivity index (χ0) is 19.5. The minimum absolute atomic E-state index is 0.0965. The fourth-order valence-corrected chi connectivity index (χ4v) is 3.49. The summed E-state index contributed by atoms with van der Waals surface area (Å²) in [5.74, 6) is 1.70. The van der Waals surface area contributed by atoms with Gasteiger partial charge in [0.25, 0.3) is 5.91 Å². The highest BCUT2D eigenvalue weighted by molar-refractivity contribution is 5.91. The molecule has 2 aliphatic heterocycles. The zero-order valence-corrected chi connectivity index (χ0v) is 15.8. The molecule has 4 rings (SSSR count). The Hall–Kier alpha value is -3.17. The number of carbonyl (C=O) groups is 2. The van der Waals surface area contributed by atoms with E-state index in [9.17, 15) is 9.59 Å². The maximum atomic E-state index is 12.4. The van der Waals surface area contributed by atoms with Crippen LogP contribution in [0, 0.1) is 0 Å². The number of carbonyl (C=O) groups excluding carboxylic acids is 2. The quantitative estimate of drug-likeness (QED) is 0.733. The van der Waals surface area contributed by atoms with Crippen LogP contribution in [-0.4, -0.2) is 89.2 Å². The Bertz CT molecular complexity index is 825. The molecular formula is C18H23N7O3. The number of nitrogens with zero attached hydrogens (tertiary/aromatic N) is 7. The van der Waals surface area contributed by atoms with E-state index in [4.69, 9.17) is 4.42 Å². The highest BCUT2D eigenvalue weighted by Gasteiger charge is 2.26. The topological polar surface area (TPSA) is 98.9 Å². The summed E-state index contributed by atoms with van der Waals surface area (Å²) in [5.41, 5.74) is 0. The first-order valence-electron chi connectivity index (χ1n) is 9.40. The second kappa shape index (κ2) is 7.83. The van der Waals surface area contributed by atoms with Gasteiger partial charge >= 0.3 is 0 Å². The summed E-state index contributed by atoms with van der Waals surface area (Å²) >= 11 is 0. The highest BCUT2D eigenvalue weighted by atomic mass is 16.3. The predicted molar refractivity (Wildman–Crippen MR) is 101 cm³/mol. The minimum atomic E-state index is -0.0965. The number of aromatic nitrogens is 3. The number of hydrogen-bond acceptors (Lipinski definition) is 8. The van der Waals surface area contributed by atoms with Crippen molar-refractivity contribution in [3.63, 3.8) is 0 Å². The van der Waals surface area contributed by atoms with Crippen molar-refractivity contribution in [1.29, 1.82) is 0 Å². The van der Waals surface area contributed by atoms with Crippen molar-refractivity contribution >= 4 is 23.6 Å². The van der Waals surface area contributed by atoms with Crippen LogP contribution in [-0.2, 0) is 4.79 Å². The summed E-state index contributed by atoms with van der Waals surface area (Å²) < 4.78 is 5.20. The van der Waals surface area contributed by atoms with Crippen LogP contribution < -0.4 is 9.80 Å². The third-order valence-corrected chi connectivity index (χ3v) is 5.17. The maximum Gasteiger partial charge on any atom is 0.289 e. The van der Waals surface area contributed by atoms with Crippen molar-refractivity contribution in [1.82, 2.24) is 25.0 Å². The monoisotopic (exact) mass is 385 g/mol. The molecule has 2 aliphatic rings. The Morgan fingerprint density at radius 2 is 1.64 bits per heavy atom. The van der Waals surface area contributed by atoms with E-state index in [0.29, 0.717) is 51.0 Å². The molecule has 148 valence electrons. The van der Waals surface area contributed by atoms with E-state index in [1.165, 1.54) is 6.26 Å². The number of anilines is 2. The lowest BCUT2D eigenvalue weighted by atomic mass is 10.3. The summed E-state index contributed by atoms with van der Waals surface area (Å²) in [7, 11) is 0.